The molecule has 0 unspecified atom stereocenters. The minimum Gasteiger partial charge on any atom is -0.508 e. The highest BCUT2D eigenvalue weighted by Crippen LogP contribution is 2.23. The van der Waals surface area contributed by atoms with Gasteiger partial charge >= 0.3 is 24.1 Å². The Morgan fingerprint density at radius 1 is 0.431 bits per heavy atom. The van der Waals surface area contributed by atoms with Gasteiger partial charge < -0.3 is 87.9 Å². The predicted molar refractivity (Wildman–Crippen MR) is 399 cm³/mol. The zero-order valence-electron chi connectivity index (χ0n) is 61.4. The van der Waals surface area contributed by atoms with Crippen LogP contribution in [0, 0.1) is 0 Å². The van der Waals surface area contributed by atoms with Gasteiger partial charge in [0.2, 0.25) is 47.3 Å². The van der Waals surface area contributed by atoms with Crippen molar-refractivity contribution in [1.82, 2.24) is 58.2 Å². The average molecular weight is 1500 g/mol. The quantitative estimate of drug-likeness (QED) is 0.0186. The van der Waals surface area contributed by atoms with Crippen LogP contribution < -0.4 is 58.9 Å². The predicted octanol–water partition coefficient (Wildman–Crippen LogP) is 4.60. The summed E-state index contributed by atoms with van der Waals surface area (Å²) < 4.78 is 21.7. The van der Waals surface area contributed by atoms with Gasteiger partial charge in [0, 0.05) is 62.3 Å². The molecule has 578 valence electrons. The number of aromatic hydroxyl groups is 1. The molecule has 0 radical (unpaired) electrons. The summed E-state index contributed by atoms with van der Waals surface area (Å²) in [5.41, 5.74) is 8.22. The van der Waals surface area contributed by atoms with Gasteiger partial charge in [-0.25, -0.2) is 9.59 Å². The van der Waals surface area contributed by atoms with E-state index in [0.717, 1.165) is 11.1 Å². The molecule has 1 aromatic heterocycles. The number of carbonyl (C=O) groups is 13. The number of hydrogen-bond acceptors (Lipinski definition) is 18. The van der Waals surface area contributed by atoms with Crippen molar-refractivity contribution in [2.24, 2.45) is 5.73 Å². The van der Waals surface area contributed by atoms with Crippen LogP contribution in [0.15, 0.2) is 176 Å². The highest BCUT2D eigenvalue weighted by atomic mass is 16.6. The van der Waals surface area contributed by atoms with Crippen LogP contribution in [0.3, 0.4) is 0 Å². The van der Waals surface area contributed by atoms with E-state index in [0.29, 0.717) is 33.2 Å². The van der Waals surface area contributed by atoms with Gasteiger partial charge in [-0.15, -0.1) is 0 Å². The van der Waals surface area contributed by atoms with Crippen LogP contribution in [0.5, 0.6) is 5.75 Å². The standard InChI is InChI=1S/C79H94N12O18/c1-78(2,3)108-67(96)44-63(75(103)87-60(70(80)98)41-49-21-11-7-12-22-49)88-72(100)59(86-74(102)62(43-54-45-83-57-30-20-19-29-56(54)57)89-76(104)107-47-51-23-13-8-14-24-51)38-40-82-65(94)36-35-64(93)81-39-37-58(85-73(101)61(90-77(105)109-79(4,5)6)42-50-31-33-55(92)34-32-50)71(99)84-46-68(97)106-48-66(95)91-69(52-25-15-9-16-26-52)53-27-17-10-18-28-53/h7-34,45,58-63,69,83,92H,35-44,46-48H2,1-6H3,(H2,80,98)(H,81,93)(H,82,94)(H,84,99)(H,85,101)(H,86,102)(H,87,103)(H,88,100)(H,89,104)(H,90,105)(H,91,95)/t58-,59-,60-,61-,62-,63-/m0/s1. The lowest BCUT2D eigenvalue weighted by Gasteiger charge is -2.27. The lowest BCUT2D eigenvalue weighted by atomic mass is 9.99. The molecule has 109 heavy (non-hydrogen) atoms. The number of phenolic OH excluding ortho intramolecular Hbond substituents is 1. The Bertz CT molecular complexity index is 4210. The number of nitrogens with two attached hydrogens (primary N) is 1. The van der Waals surface area contributed by atoms with Crippen LogP contribution in [-0.4, -0.2) is 161 Å². The second-order valence-electron chi connectivity index (χ2n) is 27.5. The average Bonchev–Trinajstić information content (AvgIpc) is 1.75. The van der Waals surface area contributed by atoms with Crippen molar-refractivity contribution < 1.29 is 86.4 Å². The molecule has 0 bridgehead atoms. The largest absolute Gasteiger partial charge is 0.508 e. The summed E-state index contributed by atoms with van der Waals surface area (Å²) in [6.07, 6.45) is -3.26. The lowest BCUT2D eigenvalue weighted by Crippen LogP contribution is -2.59. The molecule has 0 aliphatic rings. The van der Waals surface area contributed by atoms with E-state index in [4.69, 9.17) is 24.7 Å². The van der Waals surface area contributed by atoms with Gasteiger partial charge in [0.15, 0.2) is 6.61 Å². The molecule has 7 aromatic rings. The number of carbonyl (C=O) groups excluding carboxylic acids is 13. The van der Waals surface area contributed by atoms with Crippen molar-refractivity contribution in [3.05, 3.63) is 209 Å². The Kier molecular flexibility index (Phi) is 31.7. The minimum absolute atomic E-state index is 0.0742. The van der Waals surface area contributed by atoms with Crippen molar-refractivity contribution >= 4 is 88.2 Å². The summed E-state index contributed by atoms with van der Waals surface area (Å²) in [7, 11) is 0. The number of rotatable bonds is 38. The van der Waals surface area contributed by atoms with Crippen molar-refractivity contribution in [2.45, 2.75) is 153 Å². The van der Waals surface area contributed by atoms with E-state index < -0.39 is 170 Å². The highest BCUT2D eigenvalue weighted by Gasteiger charge is 2.35. The summed E-state index contributed by atoms with van der Waals surface area (Å²) in [5, 5.41) is 36.5. The normalized spacial score (nSPS) is 12.8. The number of hydrogen-bond donors (Lipinski definition) is 13. The highest BCUT2D eigenvalue weighted by molar-refractivity contribution is 5.98. The maximum absolute atomic E-state index is 14.8. The van der Waals surface area contributed by atoms with E-state index >= 15 is 0 Å². The number of alkyl carbamates (subject to hydrolysis) is 2. The summed E-state index contributed by atoms with van der Waals surface area (Å²) >= 11 is 0. The van der Waals surface area contributed by atoms with Gasteiger partial charge in [-0.2, -0.15) is 0 Å². The van der Waals surface area contributed by atoms with Gasteiger partial charge in [0.05, 0.1) is 12.5 Å². The molecule has 30 heteroatoms. The van der Waals surface area contributed by atoms with E-state index in [1.54, 1.807) is 157 Å². The van der Waals surface area contributed by atoms with Crippen molar-refractivity contribution in [1.29, 1.82) is 0 Å². The first kappa shape index (κ1) is 83.6. The number of esters is 2. The first-order chi connectivity index (χ1) is 51.9. The van der Waals surface area contributed by atoms with Gasteiger partial charge in [0.25, 0.3) is 5.91 Å². The number of aromatic amines is 1. The Morgan fingerprint density at radius 2 is 0.890 bits per heavy atom. The number of ether oxygens (including phenoxy) is 4. The third kappa shape index (κ3) is 29.7. The number of nitrogens with one attached hydrogen (secondary N) is 11. The molecule has 0 aliphatic heterocycles. The Hall–Kier alpha value is -12.6. The smallest absolute Gasteiger partial charge is 0.408 e. The van der Waals surface area contributed by atoms with Crippen molar-refractivity contribution in [3.8, 4) is 5.75 Å². The molecule has 0 spiro atoms. The zero-order chi connectivity index (χ0) is 79.0. The summed E-state index contributed by atoms with van der Waals surface area (Å²) in [6.45, 7) is 7.13. The number of H-pyrrole nitrogens is 1. The number of benzene rings is 6. The first-order valence-corrected chi connectivity index (χ1v) is 35.4. The van der Waals surface area contributed by atoms with Crippen LogP contribution in [0.1, 0.15) is 113 Å². The summed E-state index contributed by atoms with van der Waals surface area (Å²) in [6, 6.07) is 38.5. The summed E-state index contributed by atoms with van der Waals surface area (Å²) in [5.74, 6) is -10.0. The molecule has 6 atom stereocenters. The molecule has 11 amide bonds. The summed E-state index contributed by atoms with van der Waals surface area (Å²) in [4.78, 5) is 182. The molecule has 14 N–H and O–H groups in total. The molecule has 1 heterocycles. The first-order valence-electron chi connectivity index (χ1n) is 35.4. The van der Waals surface area contributed by atoms with E-state index in [9.17, 15) is 67.4 Å². The fourth-order valence-electron chi connectivity index (χ4n) is 11.1. The molecule has 0 aliphatic carbocycles. The van der Waals surface area contributed by atoms with Crippen LogP contribution in [-0.2, 0) is 97.6 Å². The van der Waals surface area contributed by atoms with Gasteiger partial charge in [0.1, 0.15) is 66.4 Å². The van der Waals surface area contributed by atoms with Crippen molar-refractivity contribution in [2.75, 3.05) is 26.2 Å². The van der Waals surface area contributed by atoms with Crippen LogP contribution in [0.25, 0.3) is 10.9 Å². The molecule has 30 nitrogen and oxygen atoms in total. The molecular weight excluding hydrogens is 1400 g/mol. The maximum atomic E-state index is 14.8. The van der Waals surface area contributed by atoms with Crippen molar-refractivity contribution in [3.63, 3.8) is 0 Å². The second kappa shape index (κ2) is 41.3. The number of fused-ring (bicyclic) bond motifs is 1. The van der Waals surface area contributed by atoms with E-state index in [1.807, 2.05) is 36.4 Å². The van der Waals surface area contributed by atoms with E-state index in [-0.39, 0.29) is 51.1 Å². The Morgan fingerprint density at radius 3 is 1.45 bits per heavy atom. The molecular formula is C79H94N12O18. The van der Waals surface area contributed by atoms with Gasteiger partial charge in [-0.1, -0.05) is 152 Å². The van der Waals surface area contributed by atoms with Crippen LogP contribution in [0.2, 0.25) is 0 Å². The van der Waals surface area contributed by atoms with Crippen LogP contribution >= 0.6 is 0 Å². The third-order valence-electron chi connectivity index (χ3n) is 16.4. The topological polar surface area (TPSA) is 441 Å². The second-order valence-corrected chi connectivity index (χ2v) is 27.5. The van der Waals surface area contributed by atoms with E-state index in [1.165, 1.54) is 24.3 Å². The minimum atomic E-state index is -1.77. The van der Waals surface area contributed by atoms with Crippen LogP contribution in [0.4, 0.5) is 9.59 Å². The SMILES string of the molecule is CC(C)(C)OC(=O)C[C@H](NC(=O)[C@H](CCNC(=O)CCC(=O)NCC[C@H](NC(=O)[C@H](Cc1ccc(O)cc1)NC(=O)OC(C)(C)C)C(=O)NCC(=O)OCC(=O)NC(c1ccccc1)c1ccccc1)NC(=O)[C@H](Cc1c[nH]c2ccccc12)NC(=O)OCc1ccccc1)C(=O)N[C@@H](Cc1ccccc1)C(N)=O. The Balaban J connectivity index is 1.04. The monoisotopic (exact) mass is 1500 g/mol. The zero-order valence-corrected chi connectivity index (χ0v) is 61.4. The number of amides is 11. The molecule has 0 saturated carbocycles. The fourth-order valence-corrected chi connectivity index (χ4v) is 11.1. The third-order valence-corrected chi connectivity index (χ3v) is 16.4. The Labute approximate surface area is 630 Å². The number of para-hydroxylation sites is 1. The molecule has 0 saturated heterocycles. The number of phenols is 1. The number of primary amides is 1. The molecule has 7 rings (SSSR count). The number of aromatic nitrogens is 1. The van der Waals surface area contributed by atoms with Gasteiger partial charge in [-0.05, 0) is 106 Å². The lowest BCUT2D eigenvalue weighted by molar-refractivity contribution is -0.156. The van der Waals surface area contributed by atoms with E-state index in [2.05, 4.69) is 58.2 Å². The molecule has 6 aromatic carbocycles. The fraction of sp³-hybridized carbons (Fsp3) is 0.354. The molecule has 0 fully saturated rings. The van der Waals surface area contributed by atoms with Gasteiger partial charge in [-0.3, -0.25) is 52.7 Å². The maximum Gasteiger partial charge on any atom is 0.408 e.